The topological polar surface area (TPSA) is 25.8 Å². The Labute approximate surface area is 306 Å². The van der Waals surface area contributed by atoms with Crippen LogP contribution >= 0.6 is 11.3 Å². The molecule has 9 aromatic rings. The Morgan fingerprint density at radius 3 is 1.87 bits per heavy atom. The van der Waals surface area contributed by atoms with Crippen LogP contribution in [0.5, 0.6) is 0 Å². The standard InChI is InChI=1S/C49H32N2S/c1-3-14-32(15-4-1)35-18-7-8-20-39-38(35)23-13-24-41(39)45-31-46(51-49(50-45)33-16-5-2-6-17-33)42-28-27-36(37-19-9-10-21-40(37)42)34-26-29-48-44(30-34)43-22-11-12-25-47(43)52-48/h1-6,8-31H,7H2. The first-order valence-electron chi connectivity index (χ1n) is 17.7. The summed E-state index contributed by atoms with van der Waals surface area (Å²) in [5.74, 6) is 0.713. The van der Waals surface area contributed by atoms with Crippen LogP contribution in [-0.4, -0.2) is 9.97 Å². The average molecular weight is 681 g/mol. The second-order valence-electron chi connectivity index (χ2n) is 13.2. The molecule has 2 heterocycles. The van der Waals surface area contributed by atoms with Crippen molar-refractivity contribution in [2.24, 2.45) is 0 Å². The molecule has 0 amide bonds. The number of rotatable bonds is 5. The summed E-state index contributed by atoms with van der Waals surface area (Å²) >= 11 is 1.85. The van der Waals surface area contributed by atoms with Crippen molar-refractivity contribution in [1.82, 2.24) is 9.97 Å². The van der Waals surface area contributed by atoms with E-state index in [4.69, 9.17) is 9.97 Å². The normalized spacial score (nSPS) is 12.6. The van der Waals surface area contributed by atoms with Crippen molar-refractivity contribution >= 4 is 53.9 Å². The van der Waals surface area contributed by atoms with E-state index < -0.39 is 0 Å². The van der Waals surface area contributed by atoms with E-state index in [-0.39, 0.29) is 0 Å². The molecule has 0 bridgehead atoms. The van der Waals surface area contributed by atoms with Crippen LogP contribution in [-0.2, 0) is 0 Å². The van der Waals surface area contributed by atoms with Crippen LogP contribution in [0.2, 0.25) is 0 Å². The Kier molecular flexibility index (Phi) is 7.44. The van der Waals surface area contributed by atoms with Gasteiger partial charge in [0.2, 0.25) is 0 Å². The molecule has 0 saturated carbocycles. The molecule has 0 aliphatic heterocycles. The number of aromatic nitrogens is 2. The van der Waals surface area contributed by atoms with Crippen LogP contribution in [0.25, 0.3) is 87.6 Å². The Bertz CT molecular complexity index is 2860. The molecule has 7 aromatic carbocycles. The third-order valence-corrected chi connectivity index (χ3v) is 11.3. The predicted molar refractivity (Wildman–Crippen MR) is 221 cm³/mol. The third kappa shape index (κ3) is 5.26. The molecule has 0 unspecified atom stereocenters. The zero-order valence-corrected chi connectivity index (χ0v) is 29.1. The van der Waals surface area contributed by atoms with Gasteiger partial charge in [0.15, 0.2) is 5.82 Å². The van der Waals surface area contributed by atoms with Crippen molar-refractivity contribution in [2.45, 2.75) is 6.42 Å². The maximum Gasteiger partial charge on any atom is 0.160 e. The van der Waals surface area contributed by atoms with Gasteiger partial charge in [0.05, 0.1) is 11.4 Å². The molecule has 1 aliphatic rings. The Morgan fingerprint density at radius 1 is 0.423 bits per heavy atom. The van der Waals surface area contributed by atoms with Gasteiger partial charge in [-0.15, -0.1) is 11.3 Å². The highest BCUT2D eigenvalue weighted by Crippen LogP contribution is 2.41. The zero-order valence-electron chi connectivity index (χ0n) is 28.3. The molecule has 0 fully saturated rings. The van der Waals surface area contributed by atoms with Crippen LogP contribution in [0, 0.1) is 0 Å². The smallest absolute Gasteiger partial charge is 0.160 e. The minimum absolute atomic E-state index is 0.713. The lowest BCUT2D eigenvalue weighted by atomic mass is 9.90. The summed E-state index contributed by atoms with van der Waals surface area (Å²) in [6.45, 7) is 0. The number of fused-ring (bicyclic) bond motifs is 5. The molecule has 2 aromatic heterocycles. The Balaban J connectivity index is 1.16. The molecule has 2 nitrogen and oxygen atoms in total. The van der Waals surface area contributed by atoms with Crippen molar-refractivity contribution in [3.05, 3.63) is 193 Å². The number of thiophene rings is 1. The highest BCUT2D eigenvalue weighted by molar-refractivity contribution is 7.25. The molecule has 0 saturated heterocycles. The quantitative estimate of drug-likeness (QED) is 0.181. The highest BCUT2D eigenvalue weighted by Gasteiger charge is 2.19. The molecule has 52 heavy (non-hydrogen) atoms. The van der Waals surface area contributed by atoms with Crippen LogP contribution < -0.4 is 0 Å². The fourth-order valence-corrected chi connectivity index (χ4v) is 8.77. The monoisotopic (exact) mass is 680 g/mol. The summed E-state index contributed by atoms with van der Waals surface area (Å²) in [5, 5.41) is 4.99. The van der Waals surface area contributed by atoms with Gasteiger partial charge < -0.3 is 0 Å². The average Bonchev–Trinajstić information content (AvgIpc) is 3.44. The van der Waals surface area contributed by atoms with Gasteiger partial charge in [-0.05, 0) is 74.8 Å². The van der Waals surface area contributed by atoms with Crippen LogP contribution in [0.1, 0.15) is 23.1 Å². The zero-order chi connectivity index (χ0) is 34.4. The molecule has 0 atom stereocenters. The number of hydrogen-bond acceptors (Lipinski definition) is 3. The first-order chi connectivity index (χ1) is 25.8. The van der Waals surface area contributed by atoms with Gasteiger partial charge in [0.25, 0.3) is 0 Å². The second-order valence-corrected chi connectivity index (χ2v) is 14.3. The van der Waals surface area contributed by atoms with Gasteiger partial charge >= 0.3 is 0 Å². The number of benzene rings is 7. The fraction of sp³-hybridized carbons (Fsp3) is 0.0204. The first kappa shape index (κ1) is 30.4. The van der Waals surface area contributed by atoms with E-state index in [1.54, 1.807) is 0 Å². The van der Waals surface area contributed by atoms with Gasteiger partial charge in [-0.2, -0.15) is 0 Å². The molecule has 1 aliphatic carbocycles. The fourth-order valence-electron chi connectivity index (χ4n) is 7.68. The van der Waals surface area contributed by atoms with E-state index in [0.717, 1.165) is 34.5 Å². The lowest BCUT2D eigenvalue weighted by molar-refractivity contribution is 1.18. The summed E-state index contributed by atoms with van der Waals surface area (Å²) in [6.07, 6.45) is 7.71. The summed E-state index contributed by atoms with van der Waals surface area (Å²) in [5.41, 5.74) is 12.3. The van der Waals surface area contributed by atoms with Gasteiger partial charge in [-0.25, -0.2) is 9.97 Å². The van der Waals surface area contributed by atoms with E-state index in [2.05, 4.69) is 176 Å². The first-order valence-corrected chi connectivity index (χ1v) is 18.5. The molecule has 10 rings (SSSR count). The van der Waals surface area contributed by atoms with E-state index in [1.165, 1.54) is 64.3 Å². The lowest BCUT2D eigenvalue weighted by Gasteiger charge is -2.17. The van der Waals surface area contributed by atoms with Crippen LogP contribution in [0.15, 0.2) is 176 Å². The molecule has 0 spiro atoms. The van der Waals surface area contributed by atoms with Gasteiger partial charge in [0, 0.05) is 36.9 Å². The minimum atomic E-state index is 0.713. The van der Waals surface area contributed by atoms with Crippen molar-refractivity contribution in [3.8, 4) is 45.0 Å². The molecule has 244 valence electrons. The highest BCUT2D eigenvalue weighted by atomic mass is 32.1. The number of nitrogens with zero attached hydrogens (tertiary/aromatic N) is 2. The summed E-state index contributed by atoms with van der Waals surface area (Å²) in [6, 6.07) is 58.6. The van der Waals surface area contributed by atoms with Gasteiger partial charge in [-0.3, -0.25) is 0 Å². The summed E-state index contributed by atoms with van der Waals surface area (Å²) in [7, 11) is 0. The van der Waals surface area contributed by atoms with Gasteiger partial charge in [0.1, 0.15) is 0 Å². The van der Waals surface area contributed by atoms with Gasteiger partial charge in [-0.1, -0.05) is 158 Å². The number of allylic oxidation sites excluding steroid dienone is 2. The predicted octanol–water partition coefficient (Wildman–Crippen LogP) is 13.5. The molecule has 0 radical (unpaired) electrons. The third-order valence-electron chi connectivity index (χ3n) is 10.1. The molecular weight excluding hydrogens is 649 g/mol. The molecular formula is C49H32N2S. The summed E-state index contributed by atoms with van der Waals surface area (Å²) in [4.78, 5) is 10.5. The van der Waals surface area contributed by atoms with E-state index in [9.17, 15) is 0 Å². The Morgan fingerprint density at radius 2 is 1.06 bits per heavy atom. The van der Waals surface area contributed by atoms with Crippen molar-refractivity contribution in [2.75, 3.05) is 0 Å². The van der Waals surface area contributed by atoms with Crippen molar-refractivity contribution in [3.63, 3.8) is 0 Å². The van der Waals surface area contributed by atoms with Crippen molar-refractivity contribution in [1.29, 1.82) is 0 Å². The molecule has 0 N–H and O–H groups in total. The van der Waals surface area contributed by atoms with E-state index in [1.807, 2.05) is 17.4 Å². The van der Waals surface area contributed by atoms with Crippen LogP contribution in [0.4, 0.5) is 0 Å². The van der Waals surface area contributed by atoms with Crippen LogP contribution in [0.3, 0.4) is 0 Å². The number of hydrogen-bond donors (Lipinski definition) is 0. The van der Waals surface area contributed by atoms with E-state index in [0.29, 0.717) is 5.82 Å². The SMILES string of the molecule is C1=Cc2c(cccc2-c2cc(-c3ccc(-c4ccc5sc6ccccc6c5c4)c4ccccc34)nc(-c3ccccc3)n2)C(c2ccccc2)=CC1. The van der Waals surface area contributed by atoms with Crippen molar-refractivity contribution < 1.29 is 0 Å². The lowest BCUT2D eigenvalue weighted by Crippen LogP contribution is -1.99. The summed E-state index contributed by atoms with van der Waals surface area (Å²) < 4.78 is 2.63. The second kappa shape index (κ2) is 12.7. The minimum Gasteiger partial charge on any atom is -0.228 e. The Hall–Kier alpha value is -6.42. The van der Waals surface area contributed by atoms with E-state index >= 15 is 0 Å². The maximum absolute atomic E-state index is 5.27. The maximum atomic E-state index is 5.27. The largest absolute Gasteiger partial charge is 0.228 e. The molecule has 3 heteroatoms.